The van der Waals surface area contributed by atoms with Gasteiger partial charge in [-0.2, -0.15) is 0 Å². The van der Waals surface area contributed by atoms with E-state index in [1.165, 1.54) is 12.1 Å². The number of amides is 1. The van der Waals surface area contributed by atoms with Gasteiger partial charge in [0.1, 0.15) is 0 Å². The van der Waals surface area contributed by atoms with E-state index in [0.29, 0.717) is 11.6 Å². The molecule has 1 atom stereocenters. The lowest BCUT2D eigenvalue weighted by Gasteiger charge is -2.12. The zero-order valence-corrected chi connectivity index (χ0v) is 11.7. The molecule has 0 aliphatic heterocycles. The van der Waals surface area contributed by atoms with Crippen LogP contribution in [0, 0.1) is 5.92 Å². The Morgan fingerprint density at radius 1 is 1.50 bits per heavy atom. The average molecular weight is 292 g/mol. The highest BCUT2D eigenvalue weighted by Crippen LogP contribution is 2.35. The molecule has 0 aliphatic carbocycles. The second-order valence-electron chi connectivity index (χ2n) is 4.10. The number of ether oxygens (including phenoxy) is 1. The summed E-state index contributed by atoms with van der Waals surface area (Å²) < 4.78 is 4.95. The first kappa shape index (κ1) is 15.1. The van der Waals surface area contributed by atoms with E-state index in [-0.39, 0.29) is 34.7 Å². The predicted octanol–water partition coefficient (Wildman–Crippen LogP) is 3.31. The van der Waals surface area contributed by atoms with E-state index in [1.807, 2.05) is 6.92 Å². The lowest BCUT2D eigenvalue weighted by atomic mass is 10.1. The van der Waals surface area contributed by atoms with Crippen molar-refractivity contribution in [3.05, 3.63) is 22.2 Å². The molecule has 0 spiro atoms. The molecule has 100 valence electrons. The molecule has 1 rings (SSSR count). The third-order valence-corrected chi connectivity index (χ3v) is 2.79. The largest absolute Gasteiger partial charge is 0.504 e. The van der Waals surface area contributed by atoms with Crippen molar-refractivity contribution in [2.75, 3.05) is 19.0 Å². The van der Waals surface area contributed by atoms with Crippen molar-refractivity contribution in [3.63, 3.8) is 0 Å². The normalized spacial score (nSPS) is 12.2. The molecule has 0 aromatic heterocycles. The fraction of sp³-hybridized carbons (Fsp3) is 0.417. The summed E-state index contributed by atoms with van der Waals surface area (Å²) in [6.07, 6.45) is 0.289. The number of phenols is 1. The Balaban J connectivity index is 2.70. The number of nitrogens with one attached hydrogen (secondary N) is 1. The number of hydrogen-bond donors (Lipinski definition) is 2. The van der Waals surface area contributed by atoms with Gasteiger partial charge < -0.3 is 15.2 Å². The van der Waals surface area contributed by atoms with Gasteiger partial charge in [0, 0.05) is 25.2 Å². The van der Waals surface area contributed by atoms with E-state index < -0.39 is 0 Å². The van der Waals surface area contributed by atoms with Gasteiger partial charge in [0.25, 0.3) is 0 Å². The molecule has 4 nitrogen and oxygen atoms in total. The Hall–Kier alpha value is -0.970. The highest BCUT2D eigenvalue weighted by atomic mass is 35.5. The molecule has 0 saturated heterocycles. The standard InChI is InChI=1S/C12H15Cl2NO3/c1-7(6-18-2)3-11(16)15-10-5-8(13)4-9(14)12(10)17/h4-5,7,17H,3,6H2,1-2H3,(H,15,16). The molecule has 1 aromatic rings. The second-order valence-corrected chi connectivity index (χ2v) is 4.94. The Labute approximate surface area is 116 Å². The van der Waals surface area contributed by atoms with E-state index >= 15 is 0 Å². The summed E-state index contributed by atoms with van der Waals surface area (Å²) in [6, 6.07) is 2.85. The number of carbonyl (C=O) groups excluding carboxylic acids is 1. The maximum atomic E-state index is 11.7. The van der Waals surface area contributed by atoms with Crippen molar-refractivity contribution in [2.45, 2.75) is 13.3 Å². The van der Waals surface area contributed by atoms with E-state index in [4.69, 9.17) is 27.9 Å². The van der Waals surface area contributed by atoms with E-state index in [2.05, 4.69) is 5.32 Å². The lowest BCUT2D eigenvalue weighted by Crippen LogP contribution is -2.17. The average Bonchev–Trinajstić information content (AvgIpc) is 2.25. The molecular weight excluding hydrogens is 277 g/mol. The molecule has 1 unspecified atom stereocenters. The van der Waals surface area contributed by atoms with Crippen molar-refractivity contribution >= 4 is 34.8 Å². The molecule has 0 aliphatic rings. The van der Waals surface area contributed by atoms with Crippen molar-refractivity contribution in [1.29, 1.82) is 0 Å². The van der Waals surface area contributed by atoms with Crippen LogP contribution in [0.2, 0.25) is 10.0 Å². The minimum Gasteiger partial charge on any atom is -0.504 e. The number of phenolic OH excluding ortho intramolecular Hbond substituents is 1. The minimum atomic E-state index is -0.229. The van der Waals surface area contributed by atoms with Crippen molar-refractivity contribution in [2.24, 2.45) is 5.92 Å². The summed E-state index contributed by atoms with van der Waals surface area (Å²) in [5, 5.41) is 12.7. The zero-order valence-electron chi connectivity index (χ0n) is 10.2. The molecule has 2 N–H and O–H groups in total. The van der Waals surface area contributed by atoms with Crippen LogP contribution in [0.4, 0.5) is 5.69 Å². The first-order valence-electron chi connectivity index (χ1n) is 5.40. The van der Waals surface area contributed by atoms with Crippen LogP contribution in [0.15, 0.2) is 12.1 Å². The number of aromatic hydroxyl groups is 1. The van der Waals surface area contributed by atoms with Gasteiger partial charge >= 0.3 is 0 Å². The third-order valence-electron chi connectivity index (χ3n) is 2.29. The number of anilines is 1. The van der Waals surface area contributed by atoms with Crippen LogP contribution in [0.25, 0.3) is 0 Å². The fourth-order valence-corrected chi connectivity index (χ4v) is 2.02. The van der Waals surface area contributed by atoms with E-state index in [1.54, 1.807) is 7.11 Å². The van der Waals surface area contributed by atoms with Crippen LogP contribution >= 0.6 is 23.2 Å². The molecule has 0 bridgehead atoms. The number of halogens is 2. The summed E-state index contributed by atoms with van der Waals surface area (Å²) in [6.45, 7) is 2.39. The summed E-state index contributed by atoms with van der Waals surface area (Å²) in [5.41, 5.74) is 0.210. The quantitative estimate of drug-likeness (QED) is 0.818. The maximum Gasteiger partial charge on any atom is 0.224 e. The Morgan fingerprint density at radius 3 is 2.78 bits per heavy atom. The highest BCUT2D eigenvalue weighted by Gasteiger charge is 2.13. The van der Waals surface area contributed by atoms with Crippen molar-refractivity contribution in [3.8, 4) is 5.75 Å². The highest BCUT2D eigenvalue weighted by molar-refractivity contribution is 6.36. The predicted molar refractivity (Wildman–Crippen MR) is 72.4 cm³/mol. The van der Waals surface area contributed by atoms with Gasteiger partial charge in [-0.05, 0) is 18.1 Å². The summed E-state index contributed by atoms with van der Waals surface area (Å²) in [4.78, 5) is 11.7. The Bertz CT molecular complexity index is 438. The van der Waals surface area contributed by atoms with Crippen LogP contribution in [0.5, 0.6) is 5.75 Å². The van der Waals surface area contributed by atoms with Crippen LogP contribution in [0.3, 0.4) is 0 Å². The third kappa shape index (κ3) is 4.37. The molecule has 1 amide bonds. The van der Waals surface area contributed by atoms with Crippen LogP contribution in [0.1, 0.15) is 13.3 Å². The topological polar surface area (TPSA) is 58.6 Å². The summed E-state index contributed by atoms with van der Waals surface area (Å²) in [7, 11) is 1.58. The Morgan fingerprint density at radius 2 is 2.17 bits per heavy atom. The summed E-state index contributed by atoms with van der Waals surface area (Å²) >= 11 is 11.5. The molecule has 0 fully saturated rings. The van der Waals surface area contributed by atoms with E-state index in [9.17, 15) is 9.90 Å². The number of rotatable bonds is 5. The van der Waals surface area contributed by atoms with Gasteiger partial charge in [-0.1, -0.05) is 30.1 Å². The lowest BCUT2D eigenvalue weighted by molar-refractivity contribution is -0.117. The monoisotopic (exact) mass is 291 g/mol. The first-order chi connectivity index (χ1) is 8.43. The molecule has 0 radical (unpaired) electrons. The smallest absolute Gasteiger partial charge is 0.224 e. The first-order valence-corrected chi connectivity index (χ1v) is 6.16. The molecule has 1 aromatic carbocycles. The van der Waals surface area contributed by atoms with Crippen molar-refractivity contribution < 1.29 is 14.6 Å². The van der Waals surface area contributed by atoms with Gasteiger partial charge in [0.05, 0.1) is 10.7 Å². The minimum absolute atomic E-state index is 0.0896. The van der Waals surface area contributed by atoms with Crippen LogP contribution in [-0.2, 0) is 9.53 Å². The molecule has 18 heavy (non-hydrogen) atoms. The van der Waals surface area contributed by atoms with Gasteiger partial charge in [0.2, 0.25) is 5.91 Å². The van der Waals surface area contributed by atoms with E-state index in [0.717, 1.165) is 0 Å². The van der Waals surface area contributed by atoms with Gasteiger partial charge in [-0.15, -0.1) is 0 Å². The number of hydrogen-bond acceptors (Lipinski definition) is 3. The maximum absolute atomic E-state index is 11.7. The molecule has 0 saturated carbocycles. The number of methoxy groups -OCH3 is 1. The molecular formula is C12H15Cl2NO3. The van der Waals surface area contributed by atoms with Gasteiger partial charge in [0.15, 0.2) is 5.75 Å². The Kier molecular flexibility index (Phi) is 5.72. The molecule has 6 heteroatoms. The van der Waals surface area contributed by atoms with Crippen LogP contribution < -0.4 is 5.32 Å². The fourth-order valence-electron chi connectivity index (χ4n) is 1.52. The zero-order chi connectivity index (χ0) is 13.7. The summed E-state index contributed by atoms with van der Waals surface area (Å²) in [5.74, 6) is -0.325. The number of carbonyl (C=O) groups is 1. The number of benzene rings is 1. The SMILES string of the molecule is COCC(C)CC(=O)Nc1cc(Cl)cc(Cl)c1O. The van der Waals surface area contributed by atoms with Crippen LogP contribution in [-0.4, -0.2) is 24.7 Å². The van der Waals surface area contributed by atoms with Gasteiger partial charge in [-0.3, -0.25) is 4.79 Å². The van der Waals surface area contributed by atoms with Crippen molar-refractivity contribution in [1.82, 2.24) is 0 Å². The second kappa shape index (κ2) is 6.83. The van der Waals surface area contributed by atoms with Gasteiger partial charge in [-0.25, -0.2) is 0 Å². The molecule has 0 heterocycles.